The molecule has 1 rings (SSSR count). The maximum atomic E-state index is 12.0. The van der Waals surface area contributed by atoms with E-state index in [1.54, 1.807) is 0 Å². The van der Waals surface area contributed by atoms with E-state index < -0.39 is 6.43 Å². The maximum absolute atomic E-state index is 12.0. The number of carbonyl (C=O) groups is 1. The number of halogens is 2. The molecule has 0 spiro atoms. The van der Waals surface area contributed by atoms with Gasteiger partial charge < -0.3 is 15.0 Å². The first-order valence-electron chi connectivity index (χ1n) is 5.92. The first-order chi connectivity index (χ1) is 8.11. The van der Waals surface area contributed by atoms with E-state index in [1.807, 2.05) is 0 Å². The lowest BCUT2D eigenvalue weighted by Crippen LogP contribution is -2.47. The average Bonchev–Trinajstić information content (AvgIpc) is 2.34. The van der Waals surface area contributed by atoms with Gasteiger partial charge in [-0.25, -0.2) is 8.78 Å². The number of esters is 1. The fourth-order valence-corrected chi connectivity index (χ4v) is 2.03. The van der Waals surface area contributed by atoms with E-state index in [4.69, 9.17) is 0 Å². The van der Waals surface area contributed by atoms with Crippen LogP contribution in [0.5, 0.6) is 0 Å². The molecule has 1 aliphatic heterocycles. The Balaban J connectivity index is 2.21. The molecular weight excluding hydrogens is 230 g/mol. The lowest BCUT2D eigenvalue weighted by molar-refractivity contribution is -0.141. The molecule has 0 aromatic heterocycles. The van der Waals surface area contributed by atoms with E-state index >= 15 is 0 Å². The monoisotopic (exact) mass is 250 g/mol. The van der Waals surface area contributed by atoms with Crippen LogP contribution in [0.3, 0.4) is 0 Å². The van der Waals surface area contributed by atoms with Gasteiger partial charge in [-0.3, -0.25) is 4.79 Å². The third-order valence-corrected chi connectivity index (χ3v) is 2.93. The fraction of sp³-hybridized carbons (Fsp3) is 0.909. The van der Waals surface area contributed by atoms with Gasteiger partial charge in [0, 0.05) is 19.1 Å². The Kier molecular flexibility index (Phi) is 6.36. The Morgan fingerprint density at radius 2 is 2.35 bits per heavy atom. The number of piperidine rings is 1. The highest BCUT2D eigenvalue weighted by Gasteiger charge is 2.20. The third kappa shape index (κ3) is 5.93. The minimum absolute atomic E-state index is 0.107. The highest BCUT2D eigenvalue weighted by molar-refractivity contribution is 5.69. The van der Waals surface area contributed by atoms with Gasteiger partial charge in [-0.15, -0.1) is 0 Å². The molecule has 1 unspecified atom stereocenters. The summed E-state index contributed by atoms with van der Waals surface area (Å²) in [4.78, 5) is 13.1. The quantitative estimate of drug-likeness (QED) is 0.710. The number of ether oxygens (including phenoxy) is 1. The van der Waals surface area contributed by atoms with Gasteiger partial charge in [0.05, 0.1) is 20.1 Å². The van der Waals surface area contributed by atoms with E-state index in [2.05, 4.69) is 15.0 Å². The molecule has 1 aliphatic rings. The molecule has 100 valence electrons. The number of nitrogens with zero attached hydrogens (tertiary/aromatic N) is 1. The minimum Gasteiger partial charge on any atom is -0.469 e. The van der Waals surface area contributed by atoms with Crippen molar-refractivity contribution in [3.05, 3.63) is 0 Å². The van der Waals surface area contributed by atoms with Gasteiger partial charge in [-0.1, -0.05) is 0 Å². The Bertz CT molecular complexity index is 240. The van der Waals surface area contributed by atoms with Crippen LogP contribution in [0.1, 0.15) is 19.3 Å². The van der Waals surface area contributed by atoms with Crippen molar-refractivity contribution >= 4 is 5.97 Å². The molecule has 0 amide bonds. The van der Waals surface area contributed by atoms with Crippen molar-refractivity contribution in [2.75, 3.05) is 33.3 Å². The van der Waals surface area contributed by atoms with E-state index in [-0.39, 0.29) is 18.6 Å². The normalized spacial score (nSPS) is 21.8. The molecule has 1 fully saturated rings. The fourth-order valence-electron chi connectivity index (χ4n) is 2.03. The first-order valence-corrected chi connectivity index (χ1v) is 5.92. The third-order valence-electron chi connectivity index (χ3n) is 2.93. The first kappa shape index (κ1) is 14.3. The molecule has 0 aromatic rings. The zero-order valence-electron chi connectivity index (χ0n) is 10.1. The molecule has 0 radical (unpaired) electrons. The summed E-state index contributed by atoms with van der Waals surface area (Å²) in [6, 6.07) is 0.107. The van der Waals surface area contributed by atoms with Crippen LogP contribution in [-0.2, 0) is 9.53 Å². The molecule has 17 heavy (non-hydrogen) atoms. The van der Waals surface area contributed by atoms with E-state index in [0.717, 1.165) is 25.9 Å². The van der Waals surface area contributed by atoms with E-state index in [1.165, 1.54) is 7.11 Å². The molecule has 1 N–H and O–H groups in total. The van der Waals surface area contributed by atoms with Crippen LogP contribution < -0.4 is 5.32 Å². The van der Waals surface area contributed by atoms with Crippen molar-refractivity contribution in [3.8, 4) is 0 Å². The largest absolute Gasteiger partial charge is 0.469 e. The highest BCUT2D eigenvalue weighted by Crippen LogP contribution is 2.10. The number of carbonyl (C=O) groups excluding carboxylic acids is 1. The predicted octanol–water partition coefficient (Wildman–Crippen LogP) is 0.869. The Labute approximate surface area is 100 Å². The zero-order valence-corrected chi connectivity index (χ0v) is 10.1. The molecular formula is C11H20F2N2O2. The molecule has 1 saturated heterocycles. The summed E-state index contributed by atoms with van der Waals surface area (Å²) in [5.74, 6) is -0.229. The summed E-state index contributed by atoms with van der Waals surface area (Å²) in [6.07, 6.45) is -0.0536. The SMILES string of the molecule is COC(=O)CCN1CCCC(NCC(F)F)C1. The highest BCUT2D eigenvalue weighted by atomic mass is 19.3. The second-order valence-corrected chi connectivity index (χ2v) is 4.27. The van der Waals surface area contributed by atoms with E-state index in [9.17, 15) is 13.6 Å². The number of likely N-dealkylation sites (tertiary alicyclic amines) is 1. The van der Waals surface area contributed by atoms with Gasteiger partial charge >= 0.3 is 5.97 Å². The number of nitrogens with one attached hydrogen (secondary N) is 1. The summed E-state index contributed by atoms with van der Waals surface area (Å²) in [5, 5.41) is 2.84. The molecule has 1 atom stereocenters. The second kappa shape index (κ2) is 7.55. The minimum atomic E-state index is -2.31. The number of rotatable bonds is 6. The van der Waals surface area contributed by atoms with Gasteiger partial charge in [-0.05, 0) is 19.4 Å². The summed E-state index contributed by atoms with van der Waals surface area (Å²) in [5.41, 5.74) is 0. The van der Waals surface area contributed by atoms with Crippen LogP contribution in [-0.4, -0.2) is 56.6 Å². The Hall–Kier alpha value is -0.750. The smallest absolute Gasteiger partial charge is 0.306 e. The number of hydrogen-bond donors (Lipinski definition) is 1. The lowest BCUT2D eigenvalue weighted by Gasteiger charge is -2.32. The van der Waals surface area contributed by atoms with Gasteiger partial charge in [-0.2, -0.15) is 0 Å². The standard InChI is InChI=1S/C11H20F2N2O2/c1-17-11(16)4-6-15-5-2-3-9(8-15)14-7-10(12)13/h9-10,14H,2-8H2,1H3. The number of methoxy groups -OCH3 is 1. The van der Waals surface area contributed by atoms with Gasteiger partial charge in [0.2, 0.25) is 0 Å². The predicted molar refractivity (Wildman–Crippen MR) is 60.1 cm³/mol. The molecule has 0 aromatic carbocycles. The van der Waals surface area contributed by atoms with E-state index in [0.29, 0.717) is 13.0 Å². The molecule has 0 bridgehead atoms. The van der Waals surface area contributed by atoms with Crippen molar-refractivity contribution in [3.63, 3.8) is 0 Å². The van der Waals surface area contributed by atoms with Crippen molar-refractivity contribution in [1.82, 2.24) is 10.2 Å². The summed E-state index contributed by atoms with van der Waals surface area (Å²) >= 11 is 0. The van der Waals surface area contributed by atoms with Crippen LogP contribution in [0.15, 0.2) is 0 Å². The van der Waals surface area contributed by atoms with Crippen molar-refractivity contribution < 1.29 is 18.3 Å². The number of alkyl halides is 2. The number of hydrogen-bond acceptors (Lipinski definition) is 4. The summed E-state index contributed by atoms with van der Waals surface area (Å²) < 4.78 is 28.7. The average molecular weight is 250 g/mol. The molecule has 4 nitrogen and oxygen atoms in total. The van der Waals surface area contributed by atoms with Crippen molar-refractivity contribution in [2.24, 2.45) is 0 Å². The van der Waals surface area contributed by atoms with Crippen molar-refractivity contribution in [2.45, 2.75) is 31.7 Å². The van der Waals surface area contributed by atoms with Gasteiger partial charge in [0.15, 0.2) is 0 Å². The second-order valence-electron chi connectivity index (χ2n) is 4.27. The molecule has 0 aliphatic carbocycles. The van der Waals surface area contributed by atoms with Crippen molar-refractivity contribution in [1.29, 1.82) is 0 Å². The Morgan fingerprint density at radius 1 is 1.59 bits per heavy atom. The lowest BCUT2D eigenvalue weighted by atomic mass is 10.1. The maximum Gasteiger partial charge on any atom is 0.306 e. The Morgan fingerprint density at radius 3 is 3.00 bits per heavy atom. The summed E-state index contributed by atoms with van der Waals surface area (Å²) in [6.45, 7) is 2.03. The summed E-state index contributed by atoms with van der Waals surface area (Å²) in [7, 11) is 1.37. The van der Waals surface area contributed by atoms with Crippen LogP contribution in [0.2, 0.25) is 0 Å². The van der Waals surface area contributed by atoms with Crippen LogP contribution in [0, 0.1) is 0 Å². The molecule has 0 saturated carbocycles. The van der Waals surface area contributed by atoms with Crippen LogP contribution in [0.4, 0.5) is 8.78 Å². The van der Waals surface area contributed by atoms with Gasteiger partial charge in [0.1, 0.15) is 0 Å². The van der Waals surface area contributed by atoms with Crippen LogP contribution >= 0.6 is 0 Å². The molecule has 1 heterocycles. The zero-order chi connectivity index (χ0) is 12.7. The topological polar surface area (TPSA) is 41.6 Å². The van der Waals surface area contributed by atoms with Gasteiger partial charge in [0.25, 0.3) is 6.43 Å². The molecule has 6 heteroatoms. The van der Waals surface area contributed by atoms with Crippen LogP contribution in [0.25, 0.3) is 0 Å².